The van der Waals surface area contributed by atoms with Gasteiger partial charge >= 0.3 is 0 Å². The van der Waals surface area contributed by atoms with Crippen LogP contribution < -0.4 is 0 Å². The highest BCUT2D eigenvalue weighted by Crippen LogP contribution is 2.41. The third kappa shape index (κ3) is 3.66. The Morgan fingerprint density at radius 2 is 1.00 bits per heavy atom. The SMILES string of the molecule is Fc1ccc(-c2nc3ccccc3c3c2cc(-c2ccc(-c4ccccc4)cc2)c2ccccc23)cc1. The van der Waals surface area contributed by atoms with Crippen molar-refractivity contribution in [3.63, 3.8) is 0 Å². The standard InChI is InChI=1S/C35H22FN/c36-27-20-18-26(19-21-27)35-32-22-31(25-16-14-24(15-17-25)23-8-2-1-3-9-23)28-10-4-5-11-29(28)34(32)30-12-6-7-13-33(30)37-35/h1-22H. The summed E-state index contributed by atoms with van der Waals surface area (Å²) >= 11 is 0. The van der Waals surface area contributed by atoms with Crippen LogP contribution in [0.3, 0.4) is 0 Å². The molecule has 6 aromatic carbocycles. The van der Waals surface area contributed by atoms with Gasteiger partial charge in [-0.3, -0.25) is 0 Å². The van der Waals surface area contributed by atoms with E-state index in [-0.39, 0.29) is 5.82 Å². The summed E-state index contributed by atoms with van der Waals surface area (Å²) in [4.78, 5) is 5.08. The number of para-hydroxylation sites is 1. The minimum absolute atomic E-state index is 0.251. The largest absolute Gasteiger partial charge is 0.247 e. The number of hydrogen-bond donors (Lipinski definition) is 0. The van der Waals surface area contributed by atoms with Gasteiger partial charge in [0.1, 0.15) is 5.82 Å². The van der Waals surface area contributed by atoms with Gasteiger partial charge < -0.3 is 0 Å². The van der Waals surface area contributed by atoms with E-state index >= 15 is 0 Å². The van der Waals surface area contributed by atoms with Crippen molar-refractivity contribution in [2.24, 2.45) is 0 Å². The summed E-state index contributed by atoms with van der Waals surface area (Å²) in [6.45, 7) is 0. The molecule has 0 atom stereocenters. The van der Waals surface area contributed by atoms with Crippen molar-refractivity contribution < 1.29 is 4.39 Å². The van der Waals surface area contributed by atoms with E-state index in [0.717, 1.165) is 38.7 Å². The van der Waals surface area contributed by atoms with Crippen LogP contribution in [0.5, 0.6) is 0 Å². The number of nitrogens with zero attached hydrogens (tertiary/aromatic N) is 1. The van der Waals surface area contributed by atoms with E-state index < -0.39 is 0 Å². The van der Waals surface area contributed by atoms with Crippen LogP contribution in [0, 0.1) is 5.82 Å². The molecule has 0 aliphatic carbocycles. The molecule has 0 unspecified atom stereocenters. The molecule has 0 aliphatic rings. The maximum Gasteiger partial charge on any atom is 0.123 e. The average molecular weight is 476 g/mol. The predicted molar refractivity (Wildman–Crippen MR) is 153 cm³/mol. The van der Waals surface area contributed by atoms with Crippen molar-refractivity contribution in [3.8, 4) is 33.5 Å². The van der Waals surface area contributed by atoms with Gasteiger partial charge in [0, 0.05) is 21.7 Å². The summed E-state index contributed by atoms with van der Waals surface area (Å²) in [6, 6.07) is 44.9. The number of aromatic nitrogens is 1. The molecule has 0 aliphatic heterocycles. The van der Waals surface area contributed by atoms with Crippen LogP contribution in [0.2, 0.25) is 0 Å². The highest BCUT2D eigenvalue weighted by atomic mass is 19.1. The van der Waals surface area contributed by atoms with Gasteiger partial charge in [-0.1, -0.05) is 97.1 Å². The van der Waals surface area contributed by atoms with Crippen molar-refractivity contribution in [2.75, 3.05) is 0 Å². The molecule has 1 heterocycles. The van der Waals surface area contributed by atoms with Crippen molar-refractivity contribution in [1.29, 1.82) is 0 Å². The Morgan fingerprint density at radius 1 is 0.432 bits per heavy atom. The summed E-state index contributed by atoms with van der Waals surface area (Å²) < 4.78 is 13.8. The topological polar surface area (TPSA) is 12.9 Å². The smallest absolute Gasteiger partial charge is 0.123 e. The zero-order valence-corrected chi connectivity index (χ0v) is 20.0. The summed E-state index contributed by atoms with van der Waals surface area (Å²) in [6.07, 6.45) is 0. The van der Waals surface area contributed by atoms with Crippen LogP contribution >= 0.6 is 0 Å². The van der Waals surface area contributed by atoms with Gasteiger partial charge in [0.15, 0.2) is 0 Å². The lowest BCUT2D eigenvalue weighted by atomic mass is 9.89. The van der Waals surface area contributed by atoms with Crippen LogP contribution in [0.4, 0.5) is 4.39 Å². The van der Waals surface area contributed by atoms with Gasteiger partial charge in [-0.2, -0.15) is 0 Å². The van der Waals surface area contributed by atoms with E-state index in [1.807, 2.05) is 30.3 Å². The number of fused-ring (bicyclic) bond motifs is 5. The van der Waals surface area contributed by atoms with Crippen LogP contribution in [-0.4, -0.2) is 4.98 Å². The number of rotatable bonds is 3. The Bertz CT molecular complexity index is 1910. The van der Waals surface area contributed by atoms with Crippen molar-refractivity contribution >= 4 is 32.4 Å². The lowest BCUT2D eigenvalue weighted by Gasteiger charge is -2.16. The third-order valence-corrected chi connectivity index (χ3v) is 7.13. The Kier molecular flexibility index (Phi) is 5.04. The molecule has 7 aromatic rings. The van der Waals surface area contributed by atoms with E-state index in [1.165, 1.54) is 39.4 Å². The molecule has 37 heavy (non-hydrogen) atoms. The molecule has 1 nitrogen and oxygen atoms in total. The maximum absolute atomic E-state index is 13.8. The predicted octanol–water partition coefficient (Wildman–Crippen LogP) is 9.68. The fraction of sp³-hybridized carbons (Fsp3) is 0. The molecule has 0 fully saturated rings. The van der Waals surface area contributed by atoms with Crippen molar-refractivity contribution in [1.82, 2.24) is 4.98 Å². The number of halogens is 1. The summed E-state index contributed by atoms with van der Waals surface area (Å²) in [5.41, 5.74) is 7.39. The first-order valence-electron chi connectivity index (χ1n) is 12.4. The molecule has 0 radical (unpaired) electrons. The second-order valence-corrected chi connectivity index (χ2v) is 9.32. The average Bonchev–Trinajstić information content (AvgIpc) is 2.97. The first kappa shape index (κ1) is 21.5. The molecular weight excluding hydrogens is 453 g/mol. The minimum Gasteiger partial charge on any atom is -0.247 e. The Balaban J connectivity index is 1.55. The van der Waals surface area contributed by atoms with Gasteiger partial charge in [-0.15, -0.1) is 0 Å². The number of pyridine rings is 1. The maximum atomic E-state index is 13.8. The molecule has 0 saturated carbocycles. The lowest BCUT2D eigenvalue weighted by Crippen LogP contribution is -1.93. The van der Waals surface area contributed by atoms with E-state index in [0.29, 0.717) is 0 Å². The number of hydrogen-bond acceptors (Lipinski definition) is 1. The fourth-order valence-corrected chi connectivity index (χ4v) is 5.35. The van der Waals surface area contributed by atoms with Gasteiger partial charge in [-0.05, 0) is 69.4 Å². The summed E-state index contributed by atoms with van der Waals surface area (Å²) in [5.74, 6) is -0.251. The number of benzene rings is 6. The fourth-order valence-electron chi connectivity index (χ4n) is 5.35. The molecule has 0 bridgehead atoms. The van der Waals surface area contributed by atoms with Gasteiger partial charge in [-0.25, -0.2) is 9.37 Å². The van der Waals surface area contributed by atoms with E-state index in [1.54, 1.807) is 0 Å². The first-order valence-corrected chi connectivity index (χ1v) is 12.4. The monoisotopic (exact) mass is 475 g/mol. The molecule has 174 valence electrons. The van der Waals surface area contributed by atoms with Gasteiger partial charge in [0.2, 0.25) is 0 Å². The zero-order chi connectivity index (χ0) is 24.8. The quantitative estimate of drug-likeness (QED) is 0.232. The molecule has 2 heteroatoms. The minimum atomic E-state index is -0.251. The lowest BCUT2D eigenvalue weighted by molar-refractivity contribution is 0.628. The van der Waals surface area contributed by atoms with Gasteiger partial charge in [0.25, 0.3) is 0 Å². The zero-order valence-electron chi connectivity index (χ0n) is 20.0. The van der Waals surface area contributed by atoms with E-state index in [4.69, 9.17) is 4.98 Å². The van der Waals surface area contributed by atoms with Crippen LogP contribution in [0.25, 0.3) is 66.0 Å². The molecule has 0 saturated heterocycles. The van der Waals surface area contributed by atoms with E-state index in [9.17, 15) is 4.39 Å². The summed E-state index contributed by atoms with van der Waals surface area (Å²) in [5, 5.41) is 5.73. The second kappa shape index (κ2) is 8.69. The van der Waals surface area contributed by atoms with Crippen LogP contribution in [-0.2, 0) is 0 Å². The highest BCUT2D eigenvalue weighted by Gasteiger charge is 2.16. The highest BCUT2D eigenvalue weighted by molar-refractivity contribution is 6.25. The molecule has 0 N–H and O–H groups in total. The van der Waals surface area contributed by atoms with E-state index in [2.05, 4.69) is 91.0 Å². The summed E-state index contributed by atoms with van der Waals surface area (Å²) in [7, 11) is 0. The molecule has 7 rings (SSSR count). The molecular formula is C35H22FN. The third-order valence-electron chi connectivity index (χ3n) is 7.13. The van der Waals surface area contributed by atoms with Crippen LogP contribution in [0.15, 0.2) is 133 Å². The normalized spacial score (nSPS) is 11.4. The van der Waals surface area contributed by atoms with Crippen molar-refractivity contribution in [2.45, 2.75) is 0 Å². The molecule has 0 amide bonds. The second-order valence-electron chi connectivity index (χ2n) is 9.32. The Labute approximate surface area is 214 Å². The van der Waals surface area contributed by atoms with Gasteiger partial charge in [0.05, 0.1) is 11.2 Å². The Morgan fingerprint density at radius 3 is 1.76 bits per heavy atom. The molecule has 1 aromatic heterocycles. The van der Waals surface area contributed by atoms with Crippen LogP contribution in [0.1, 0.15) is 0 Å². The van der Waals surface area contributed by atoms with Crippen molar-refractivity contribution in [3.05, 3.63) is 139 Å². The molecule has 0 spiro atoms. The Hall–Kier alpha value is -4.82. The first-order chi connectivity index (χ1) is 18.3.